The summed E-state index contributed by atoms with van der Waals surface area (Å²) in [4.78, 5) is 25.9. The monoisotopic (exact) mass is 470 g/mol. The zero-order valence-corrected chi connectivity index (χ0v) is 20.1. The SMILES string of the molecule is C=CCc1cc(C=NN2C(=O)C3C4C=CC(C4)C3C2=O)cc(OCC)c1OCc1cccc(C)c1. The number of carbonyl (C=O) groups is 2. The number of hydrogen-bond donors (Lipinski definition) is 0. The van der Waals surface area contributed by atoms with Gasteiger partial charge in [0.25, 0.3) is 11.8 Å². The van der Waals surface area contributed by atoms with Gasteiger partial charge in [0.1, 0.15) is 6.61 Å². The number of imide groups is 1. The van der Waals surface area contributed by atoms with E-state index in [9.17, 15) is 9.59 Å². The van der Waals surface area contributed by atoms with E-state index in [-0.39, 0.29) is 35.5 Å². The van der Waals surface area contributed by atoms with Crippen molar-refractivity contribution in [2.24, 2.45) is 28.8 Å². The van der Waals surface area contributed by atoms with Crippen molar-refractivity contribution in [3.05, 3.63) is 83.5 Å². The van der Waals surface area contributed by atoms with Crippen molar-refractivity contribution < 1.29 is 19.1 Å². The van der Waals surface area contributed by atoms with Crippen molar-refractivity contribution in [3.63, 3.8) is 0 Å². The molecule has 1 heterocycles. The number of allylic oxidation sites excluding steroid dienone is 3. The van der Waals surface area contributed by atoms with E-state index < -0.39 is 0 Å². The Kier molecular flexibility index (Phi) is 6.29. The number of aryl methyl sites for hydroxylation is 1. The van der Waals surface area contributed by atoms with Crippen LogP contribution in [0.25, 0.3) is 0 Å². The average Bonchev–Trinajstić information content (AvgIpc) is 3.52. The summed E-state index contributed by atoms with van der Waals surface area (Å²) in [6.07, 6.45) is 9.00. The number of fused-ring (bicyclic) bond motifs is 5. The van der Waals surface area contributed by atoms with Crippen LogP contribution in [0, 0.1) is 30.6 Å². The molecule has 0 N–H and O–H groups in total. The van der Waals surface area contributed by atoms with Crippen molar-refractivity contribution in [1.82, 2.24) is 5.01 Å². The van der Waals surface area contributed by atoms with Crippen LogP contribution >= 0.6 is 0 Å². The summed E-state index contributed by atoms with van der Waals surface area (Å²) in [7, 11) is 0. The highest BCUT2D eigenvalue weighted by molar-refractivity contribution is 6.06. The predicted molar refractivity (Wildman–Crippen MR) is 134 cm³/mol. The number of benzene rings is 2. The third-order valence-corrected chi connectivity index (χ3v) is 7.05. The molecule has 2 aliphatic carbocycles. The summed E-state index contributed by atoms with van der Waals surface area (Å²) < 4.78 is 12.1. The van der Waals surface area contributed by atoms with Gasteiger partial charge in [-0.25, -0.2) is 0 Å². The van der Waals surface area contributed by atoms with Crippen molar-refractivity contribution >= 4 is 18.0 Å². The molecule has 0 spiro atoms. The van der Waals surface area contributed by atoms with Gasteiger partial charge in [-0.05, 0) is 61.8 Å². The Hall–Kier alpha value is -3.67. The quantitative estimate of drug-likeness (QED) is 0.299. The molecule has 2 bridgehead atoms. The molecule has 6 nitrogen and oxygen atoms in total. The molecule has 4 unspecified atom stereocenters. The molecule has 2 amide bonds. The maximum Gasteiger partial charge on any atom is 0.254 e. The minimum absolute atomic E-state index is 0.162. The number of hydrogen-bond acceptors (Lipinski definition) is 5. The molecule has 2 aromatic carbocycles. The lowest BCUT2D eigenvalue weighted by molar-refractivity contribution is -0.140. The highest BCUT2D eigenvalue weighted by atomic mass is 16.5. The molecule has 3 aliphatic rings. The number of carbonyl (C=O) groups excluding carboxylic acids is 2. The Morgan fingerprint density at radius 3 is 2.49 bits per heavy atom. The second kappa shape index (κ2) is 9.53. The Morgan fingerprint density at radius 2 is 1.83 bits per heavy atom. The molecular weight excluding hydrogens is 440 g/mol. The Balaban J connectivity index is 1.40. The van der Waals surface area contributed by atoms with Crippen LogP contribution in [0.5, 0.6) is 11.5 Å². The lowest BCUT2D eigenvalue weighted by Crippen LogP contribution is -2.28. The number of rotatable bonds is 9. The average molecular weight is 471 g/mol. The Bertz CT molecular complexity index is 1200. The summed E-state index contributed by atoms with van der Waals surface area (Å²) in [5.74, 6) is 0.676. The first-order chi connectivity index (χ1) is 17.0. The number of nitrogens with zero attached hydrogens (tertiary/aromatic N) is 2. The van der Waals surface area contributed by atoms with Crippen LogP contribution < -0.4 is 9.47 Å². The summed E-state index contributed by atoms with van der Waals surface area (Å²) >= 11 is 0. The molecule has 2 fully saturated rings. The van der Waals surface area contributed by atoms with Crippen molar-refractivity contribution in [2.45, 2.75) is 33.3 Å². The molecule has 180 valence electrons. The Morgan fingerprint density at radius 1 is 1.09 bits per heavy atom. The van der Waals surface area contributed by atoms with Gasteiger partial charge in [-0.3, -0.25) is 9.59 Å². The second-order valence-corrected chi connectivity index (χ2v) is 9.44. The van der Waals surface area contributed by atoms with Crippen molar-refractivity contribution in [3.8, 4) is 11.5 Å². The summed E-state index contributed by atoms with van der Waals surface area (Å²) in [5, 5.41) is 5.40. The lowest BCUT2D eigenvalue weighted by Gasteiger charge is -2.17. The van der Waals surface area contributed by atoms with E-state index in [4.69, 9.17) is 9.47 Å². The van der Waals surface area contributed by atoms with Gasteiger partial charge < -0.3 is 9.47 Å². The van der Waals surface area contributed by atoms with Crippen LogP contribution in [-0.2, 0) is 22.6 Å². The maximum absolute atomic E-state index is 12.9. The summed E-state index contributed by atoms with van der Waals surface area (Å²) in [6.45, 7) is 8.73. The second-order valence-electron chi connectivity index (χ2n) is 9.44. The van der Waals surface area contributed by atoms with Gasteiger partial charge in [0.05, 0.1) is 24.7 Å². The first kappa shape index (κ1) is 23.1. The molecular formula is C29H30N2O4. The van der Waals surface area contributed by atoms with Gasteiger partial charge in [0.2, 0.25) is 0 Å². The fourth-order valence-corrected chi connectivity index (χ4v) is 5.57. The number of amides is 2. The predicted octanol–water partition coefficient (Wildman–Crippen LogP) is 4.84. The minimum atomic E-state index is -0.262. The highest BCUT2D eigenvalue weighted by Crippen LogP contribution is 2.52. The first-order valence-corrected chi connectivity index (χ1v) is 12.2. The standard InChI is InChI=1S/C29H30N2O4/c1-4-7-23-13-20(14-24(34-5-2)27(23)35-17-19-9-6-8-18(3)12-19)16-30-31-28(32)25-21-10-11-22(15-21)26(25)29(31)33/h4,6,8-14,16,21-22,25-26H,1,5,7,15,17H2,2-3H3. The van der Waals surface area contributed by atoms with E-state index >= 15 is 0 Å². The Labute approximate surface area is 205 Å². The van der Waals surface area contributed by atoms with Gasteiger partial charge in [-0.1, -0.05) is 48.1 Å². The van der Waals surface area contributed by atoms with E-state index in [1.165, 1.54) is 5.56 Å². The molecule has 0 radical (unpaired) electrons. The van der Waals surface area contributed by atoms with E-state index in [2.05, 4.69) is 42.9 Å². The maximum atomic E-state index is 12.9. The van der Waals surface area contributed by atoms with E-state index in [0.717, 1.165) is 28.1 Å². The molecule has 35 heavy (non-hydrogen) atoms. The van der Waals surface area contributed by atoms with Crippen molar-refractivity contribution in [2.75, 3.05) is 6.61 Å². The molecule has 1 aliphatic heterocycles. The van der Waals surface area contributed by atoms with Crippen LogP contribution in [0.4, 0.5) is 0 Å². The lowest BCUT2D eigenvalue weighted by atomic mass is 9.85. The zero-order chi connectivity index (χ0) is 24.5. The number of hydrazone groups is 1. The smallest absolute Gasteiger partial charge is 0.254 e. The van der Waals surface area contributed by atoms with Gasteiger partial charge in [0, 0.05) is 5.56 Å². The molecule has 2 aromatic rings. The minimum Gasteiger partial charge on any atom is -0.490 e. The third-order valence-electron chi connectivity index (χ3n) is 7.05. The molecule has 5 rings (SSSR count). The fraction of sp³-hybridized carbons (Fsp3) is 0.345. The molecule has 0 aromatic heterocycles. The van der Waals surface area contributed by atoms with Crippen LogP contribution in [0.1, 0.15) is 35.6 Å². The van der Waals surface area contributed by atoms with Gasteiger partial charge >= 0.3 is 0 Å². The van der Waals surface area contributed by atoms with Crippen LogP contribution in [0.3, 0.4) is 0 Å². The largest absolute Gasteiger partial charge is 0.490 e. The van der Waals surface area contributed by atoms with Gasteiger partial charge in [-0.15, -0.1) is 6.58 Å². The first-order valence-electron chi connectivity index (χ1n) is 12.2. The number of ether oxygens (including phenoxy) is 2. The molecule has 1 saturated carbocycles. The normalized spacial score (nSPS) is 24.5. The zero-order valence-electron chi connectivity index (χ0n) is 20.1. The third kappa shape index (κ3) is 4.29. The fourth-order valence-electron chi connectivity index (χ4n) is 5.57. The van der Waals surface area contributed by atoms with Crippen LogP contribution in [0.2, 0.25) is 0 Å². The van der Waals surface area contributed by atoms with Gasteiger partial charge in [0.15, 0.2) is 11.5 Å². The van der Waals surface area contributed by atoms with E-state index in [1.807, 2.05) is 37.3 Å². The topological polar surface area (TPSA) is 68.2 Å². The van der Waals surface area contributed by atoms with Crippen LogP contribution in [-0.4, -0.2) is 29.6 Å². The molecule has 1 saturated heterocycles. The molecule has 6 heteroatoms. The molecule has 4 atom stereocenters. The van der Waals surface area contributed by atoms with Crippen LogP contribution in [0.15, 0.2) is 66.3 Å². The van der Waals surface area contributed by atoms with E-state index in [1.54, 1.807) is 6.21 Å². The van der Waals surface area contributed by atoms with Gasteiger partial charge in [-0.2, -0.15) is 10.1 Å². The summed E-state index contributed by atoms with van der Waals surface area (Å²) in [5.41, 5.74) is 3.88. The van der Waals surface area contributed by atoms with E-state index in [0.29, 0.717) is 31.1 Å². The summed E-state index contributed by atoms with van der Waals surface area (Å²) in [6, 6.07) is 12.0. The highest BCUT2D eigenvalue weighted by Gasteiger charge is 2.59. The van der Waals surface area contributed by atoms with Crippen molar-refractivity contribution in [1.29, 1.82) is 0 Å².